The van der Waals surface area contributed by atoms with Crippen LogP contribution in [0.1, 0.15) is 30.8 Å². The predicted octanol–water partition coefficient (Wildman–Crippen LogP) is 0.485. The largest absolute Gasteiger partial charge is 0.433 e. The highest BCUT2D eigenvalue weighted by Gasteiger charge is 2.32. The minimum absolute atomic E-state index is 0.180. The van der Waals surface area contributed by atoms with Crippen LogP contribution in [0.4, 0.5) is 13.2 Å². The second-order valence-electron chi connectivity index (χ2n) is 5.40. The van der Waals surface area contributed by atoms with Crippen molar-refractivity contribution in [3.05, 3.63) is 23.8 Å². The molecule has 0 radical (unpaired) electrons. The minimum Gasteiger partial charge on any atom is -0.383 e. The molecule has 1 aromatic rings. The molecule has 2 heterocycles. The van der Waals surface area contributed by atoms with E-state index in [2.05, 4.69) is 15.3 Å². The van der Waals surface area contributed by atoms with Crippen molar-refractivity contribution in [2.45, 2.75) is 38.1 Å². The number of carbonyl (C=O) groups excluding carboxylic acids is 2. The van der Waals surface area contributed by atoms with E-state index in [9.17, 15) is 27.9 Å². The van der Waals surface area contributed by atoms with Gasteiger partial charge in [0.2, 0.25) is 5.91 Å². The molecule has 1 fully saturated rings. The third-order valence-electron chi connectivity index (χ3n) is 3.53. The van der Waals surface area contributed by atoms with Gasteiger partial charge < -0.3 is 15.3 Å². The molecule has 132 valence electrons. The first-order valence-corrected chi connectivity index (χ1v) is 7.40. The minimum atomic E-state index is -4.59. The van der Waals surface area contributed by atoms with E-state index in [0.29, 0.717) is 25.8 Å². The lowest BCUT2D eigenvalue weighted by Crippen LogP contribution is -2.44. The molecule has 0 saturated carbocycles. The van der Waals surface area contributed by atoms with Crippen molar-refractivity contribution >= 4 is 11.8 Å². The monoisotopic (exact) mass is 346 g/mol. The molecule has 2 rings (SSSR count). The molecule has 0 bridgehead atoms. The SMILES string of the molecule is O=C(CN1CCCCC(O)C1=O)NCc1nccc(C(F)(F)F)n1. The predicted molar refractivity (Wildman–Crippen MR) is 75.3 cm³/mol. The Morgan fingerprint density at radius 2 is 2.17 bits per heavy atom. The maximum atomic E-state index is 12.5. The summed E-state index contributed by atoms with van der Waals surface area (Å²) in [6.45, 7) is -0.203. The van der Waals surface area contributed by atoms with Crippen molar-refractivity contribution in [2.75, 3.05) is 13.1 Å². The Hall–Kier alpha value is -2.23. The number of alkyl halides is 3. The quantitative estimate of drug-likeness (QED) is 0.827. The molecule has 1 atom stereocenters. The van der Waals surface area contributed by atoms with Gasteiger partial charge in [0.15, 0.2) is 0 Å². The Morgan fingerprint density at radius 1 is 1.42 bits per heavy atom. The summed E-state index contributed by atoms with van der Waals surface area (Å²) in [4.78, 5) is 32.0. The number of carbonyl (C=O) groups is 2. The normalized spacial score (nSPS) is 19.1. The van der Waals surface area contributed by atoms with E-state index in [1.54, 1.807) is 0 Å². The van der Waals surface area contributed by atoms with Crippen LogP contribution in [0.3, 0.4) is 0 Å². The molecule has 2 N–H and O–H groups in total. The number of amides is 2. The summed E-state index contributed by atoms with van der Waals surface area (Å²) >= 11 is 0. The van der Waals surface area contributed by atoms with Crippen LogP contribution in [-0.4, -0.2) is 51.0 Å². The van der Waals surface area contributed by atoms with Crippen LogP contribution in [0.2, 0.25) is 0 Å². The number of nitrogens with zero attached hydrogens (tertiary/aromatic N) is 3. The second kappa shape index (κ2) is 7.56. The van der Waals surface area contributed by atoms with E-state index in [4.69, 9.17) is 0 Å². The van der Waals surface area contributed by atoms with Crippen LogP contribution < -0.4 is 5.32 Å². The van der Waals surface area contributed by atoms with Crippen LogP contribution >= 0.6 is 0 Å². The maximum absolute atomic E-state index is 12.5. The smallest absolute Gasteiger partial charge is 0.383 e. The van der Waals surface area contributed by atoms with Gasteiger partial charge in [-0.1, -0.05) is 0 Å². The number of aliphatic hydroxyl groups is 1. The van der Waals surface area contributed by atoms with Crippen molar-refractivity contribution in [2.24, 2.45) is 0 Å². The zero-order valence-corrected chi connectivity index (χ0v) is 12.7. The molecule has 10 heteroatoms. The van der Waals surface area contributed by atoms with E-state index in [1.807, 2.05) is 0 Å². The molecular weight excluding hydrogens is 329 g/mol. The first-order chi connectivity index (χ1) is 11.3. The van der Waals surface area contributed by atoms with Gasteiger partial charge in [0, 0.05) is 12.7 Å². The Morgan fingerprint density at radius 3 is 2.88 bits per heavy atom. The number of halogens is 3. The van der Waals surface area contributed by atoms with Gasteiger partial charge in [-0.3, -0.25) is 9.59 Å². The molecule has 7 nitrogen and oxygen atoms in total. The first-order valence-electron chi connectivity index (χ1n) is 7.40. The van der Waals surface area contributed by atoms with Crippen LogP contribution in [0.25, 0.3) is 0 Å². The lowest BCUT2D eigenvalue weighted by atomic mass is 10.2. The highest BCUT2D eigenvalue weighted by atomic mass is 19.4. The number of rotatable bonds is 4. The molecule has 1 aliphatic heterocycles. The Kier molecular flexibility index (Phi) is 5.71. The molecule has 0 aliphatic carbocycles. The fourth-order valence-electron chi connectivity index (χ4n) is 2.29. The van der Waals surface area contributed by atoms with Gasteiger partial charge in [0.1, 0.15) is 17.6 Å². The Bertz CT molecular complexity index is 609. The standard InChI is InChI=1S/C14H17F3N4O3/c15-14(16,17)10-4-5-18-11(20-10)7-19-12(23)8-21-6-2-1-3-9(22)13(21)24/h4-5,9,22H,1-3,6-8H2,(H,19,23). The maximum Gasteiger partial charge on any atom is 0.433 e. The van der Waals surface area contributed by atoms with Gasteiger partial charge >= 0.3 is 6.18 Å². The van der Waals surface area contributed by atoms with Crippen molar-refractivity contribution < 1.29 is 27.9 Å². The van der Waals surface area contributed by atoms with Crippen molar-refractivity contribution in [1.82, 2.24) is 20.2 Å². The third-order valence-corrected chi connectivity index (χ3v) is 3.53. The number of nitrogens with one attached hydrogen (secondary N) is 1. The highest BCUT2D eigenvalue weighted by Crippen LogP contribution is 2.26. The molecule has 0 aromatic carbocycles. The lowest BCUT2D eigenvalue weighted by molar-refractivity contribution is -0.142. The summed E-state index contributed by atoms with van der Waals surface area (Å²) in [5.41, 5.74) is -1.09. The van der Waals surface area contributed by atoms with Crippen LogP contribution in [0, 0.1) is 0 Å². The zero-order valence-electron chi connectivity index (χ0n) is 12.7. The van der Waals surface area contributed by atoms with Crippen LogP contribution in [-0.2, 0) is 22.3 Å². The van der Waals surface area contributed by atoms with E-state index in [-0.39, 0.29) is 18.9 Å². The third kappa shape index (κ3) is 4.88. The van der Waals surface area contributed by atoms with Gasteiger partial charge in [0.25, 0.3) is 5.91 Å². The first kappa shape index (κ1) is 18.1. The molecule has 1 aliphatic rings. The molecular formula is C14H17F3N4O3. The van der Waals surface area contributed by atoms with Crippen molar-refractivity contribution in [3.8, 4) is 0 Å². The number of hydrogen-bond acceptors (Lipinski definition) is 5. The van der Waals surface area contributed by atoms with Gasteiger partial charge in [-0.2, -0.15) is 13.2 Å². The molecule has 1 saturated heterocycles. The summed E-state index contributed by atoms with van der Waals surface area (Å²) in [7, 11) is 0. The molecule has 1 aromatic heterocycles. The van der Waals surface area contributed by atoms with E-state index in [1.165, 1.54) is 4.90 Å². The van der Waals surface area contributed by atoms with Crippen LogP contribution in [0.15, 0.2) is 12.3 Å². The average molecular weight is 346 g/mol. The molecule has 24 heavy (non-hydrogen) atoms. The fraction of sp³-hybridized carbons (Fsp3) is 0.571. The van der Waals surface area contributed by atoms with Crippen molar-refractivity contribution in [1.29, 1.82) is 0 Å². The second-order valence-corrected chi connectivity index (χ2v) is 5.40. The molecule has 0 spiro atoms. The summed E-state index contributed by atoms with van der Waals surface area (Å²) in [5.74, 6) is -1.25. The number of likely N-dealkylation sites (tertiary alicyclic amines) is 1. The van der Waals surface area contributed by atoms with Gasteiger partial charge in [-0.15, -0.1) is 0 Å². The van der Waals surface area contributed by atoms with E-state index < -0.39 is 29.8 Å². The fourth-order valence-corrected chi connectivity index (χ4v) is 2.29. The molecule has 1 unspecified atom stereocenters. The van der Waals surface area contributed by atoms with E-state index >= 15 is 0 Å². The summed E-state index contributed by atoms with van der Waals surface area (Å²) < 4.78 is 37.6. The summed E-state index contributed by atoms with van der Waals surface area (Å²) in [5, 5.41) is 12.0. The highest BCUT2D eigenvalue weighted by molar-refractivity contribution is 5.87. The lowest BCUT2D eigenvalue weighted by Gasteiger charge is -2.21. The average Bonchev–Trinajstić information content (AvgIpc) is 2.68. The number of hydrogen-bond donors (Lipinski definition) is 2. The van der Waals surface area contributed by atoms with Crippen LogP contribution in [0.5, 0.6) is 0 Å². The Balaban J connectivity index is 1.90. The summed E-state index contributed by atoms with van der Waals surface area (Å²) in [6.07, 6.45) is -3.03. The van der Waals surface area contributed by atoms with Gasteiger partial charge in [0.05, 0.1) is 13.1 Å². The van der Waals surface area contributed by atoms with Crippen molar-refractivity contribution in [3.63, 3.8) is 0 Å². The summed E-state index contributed by atoms with van der Waals surface area (Å²) in [6, 6.07) is 0.739. The zero-order chi connectivity index (χ0) is 17.7. The number of aromatic nitrogens is 2. The Labute approximate surface area is 135 Å². The number of aliphatic hydroxyl groups excluding tert-OH is 1. The topological polar surface area (TPSA) is 95.4 Å². The van der Waals surface area contributed by atoms with E-state index in [0.717, 1.165) is 12.3 Å². The van der Waals surface area contributed by atoms with Gasteiger partial charge in [-0.05, 0) is 25.3 Å². The van der Waals surface area contributed by atoms with Gasteiger partial charge in [-0.25, -0.2) is 9.97 Å². The molecule has 2 amide bonds.